The first-order chi connectivity index (χ1) is 19.4. The molecule has 220 valence electrons. The number of ether oxygens (including phenoxy) is 4. The number of halogens is 6. The number of carbonyl (C=O) groups excluding carboxylic acids is 2. The minimum absolute atomic E-state index is 0.145. The number of hydrogen-bond donors (Lipinski definition) is 0. The second-order valence-corrected chi connectivity index (χ2v) is 14.4. The summed E-state index contributed by atoms with van der Waals surface area (Å²) in [4.78, 5) is 26.3. The highest BCUT2D eigenvalue weighted by atomic mass is 35.6. The monoisotopic (exact) mass is 681 g/mol. The second kappa shape index (κ2) is 14.1. The van der Waals surface area contributed by atoms with Crippen LogP contribution in [-0.2, 0) is 20.8 Å². The van der Waals surface area contributed by atoms with Gasteiger partial charge in [0.2, 0.25) is 7.59 Å². The molecule has 0 radical (unpaired) electrons. The highest BCUT2D eigenvalue weighted by Crippen LogP contribution is 2.34. The standard InChI is InChI=1S/C28H25Cl6NO6/c29-27(30,31)16-39-25(36)35-11-10-23(21-6-3-7-22(13-21)41-26(37)40-17-28(32,33)34)24(14-35)38-15-18-8-9-19-4-1-2-5-20(19)12-18/h1-9,12-13,23-24H,10-11,14-17H2. The summed E-state index contributed by atoms with van der Waals surface area (Å²) in [6.45, 7) is 0.0615. The van der Waals surface area contributed by atoms with Crippen LogP contribution in [0.25, 0.3) is 10.8 Å². The summed E-state index contributed by atoms with van der Waals surface area (Å²) in [6, 6.07) is 21.1. The normalized spacial score (nSPS) is 17.8. The summed E-state index contributed by atoms with van der Waals surface area (Å²) >= 11 is 34.1. The zero-order valence-corrected chi connectivity index (χ0v) is 25.9. The molecule has 41 heavy (non-hydrogen) atoms. The predicted molar refractivity (Wildman–Crippen MR) is 162 cm³/mol. The quantitative estimate of drug-likeness (QED) is 0.141. The van der Waals surface area contributed by atoms with E-state index in [0.717, 1.165) is 21.9 Å². The Morgan fingerprint density at radius 2 is 1.54 bits per heavy atom. The fourth-order valence-corrected chi connectivity index (χ4v) is 4.80. The first-order valence-corrected chi connectivity index (χ1v) is 14.7. The lowest BCUT2D eigenvalue weighted by Crippen LogP contribution is -2.47. The first kappa shape index (κ1) is 32.1. The van der Waals surface area contributed by atoms with Gasteiger partial charge in [-0.05, 0) is 46.5 Å². The molecule has 0 aliphatic carbocycles. The maximum absolute atomic E-state index is 12.7. The number of likely N-dealkylation sites (tertiary alicyclic amines) is 1. The number of rotatable bonds is 7. The molecule has 3 aromatic carbocycles. The summed E-state index contributed by atoms with van der Waals surface area (Å²) in [7, 11) is 0. The van der Waals surface area contributed by atoms with E-state index in [4.69, 9.17) is 88.6 Å². The van der Waals surface area contributed by atoms with Crippen LogP contribution in [0, 0.1) is 0 Å². The van der Waals surface area contributed by atoms with Crippen molar-refractivity contribution in [2.24, 2.45) is 0 Å². The average molecular weight is 684 g/mol. The van der Waals surface area contributed by atoms with E-state index in [0.29, 0.717) is 19.6 Å². The number of carbonyl (C=O) groups is 2. The molecule has 2 atom stereocenters. The van der Waals surface area contributed by atoms with E-state index < -0.39 is 32.5 Å². The van der Waals surface area contributed by atoms with Crippen LogP contribution in [0.1, 0.15) is 23.5 Å². The third kappa shape index (κ3) is 10.1. The number of alkyl halides is 6. The van der Waals surface area contributed by atoms with Gasteiger partial charge in [-0.15, -0.1) is 0 Å². The van der Waals surface area contributed by atoms with Crippen LogP contribution < -0.4 is 4.74 Å². The topological polar surface area (TPSA) is 74.3 Å². The molecule has 0 bridgehead atoms. The van der Waals surface area contributed by atoms with E-state index in [9.17, 15) is 9.59 Å². The number of amides is 1. The van der Waals surface area contributed by atoms with Crippen molar-refractivity contribution in [3.8, 4) is 5.75 Å². The number of hydrogen-bond acceptors (Lipinski definition) is 6. The second-order valence-electron chi connectivity index (χ2n) is 9.37. The van der Waals surface area contributed by atoms with Crippen molar-refractivity contribution in [2.45, 2.75) is 32.6 Å². The fraction of sp³-hybridized carbons (Fsp3) is 0.357. The molecule has 1 amide bonds. The highest BCUT2D eigenvalue weighted by molar-refractivity contribution is 6.68. The van der Waals surface area contributed by atoms with Gasteiger partial charge in [0.25, 0.3) is 0 Å². The Bertz CT molecular complexity index is 1360. The van der Waals surface area contributed by atoms with Crippen LogP contribution in [0.3, 0.4) is 0 Å². The van der Waals surface area contributed by atoms with Gasteiger partial charge in [-0.2, -0.15) is 0 Å². The number of fused-ring (bicyclic) bond motifs is 1. The molecule has 3 aromatic rings. The van der Waals surface area contributed by atoms with Crippen LogP contribution in [0.4, 0.5) is 9.59 Å². The van der Waals surface area contributed by atoms with E-state index in [1.807, 2.05) is 42.5 Å². The van der Waals surface area contributed by atoms with E-state index in [1.54, 1.807) is 18.2 Å². The molecular weight excluding hydrogens is 659 g/mol. The Hall–Kier alpha value is -1.84. The number of benzene rings is 3. The van der Waals surface area contributed by atoms with Crippen molar-refractivity contribution < 1.29 is 28.5 Å². The van der Waals surface area contributed by atoms with Crippen molar-refractivity contribution in [1.82, 2.24) is 4.90 Å². The van der Waals surface area contributed by atoms with E-state index in [1.165, 1.54) is 4.90 Å². The van der Waals surface area contributed by atoms with E-state index in [2.05, 4.69) is 6.07 Å². The van der Waals surface area contributed by atoms with Gasteiger partial charge in [0.05, 0.1) is 19.3 Å². The summed E-state index contributed by atoms with van der Waals surface area (Å²) in [6.07, 6.45) is -1.51. The van der Waals surface area contributed by atoms with Gasteiger partial charge in [0, 0.05) is 12.5 Å². The van der Waals surface area contributed by atoms with Crippen molar-refractivity contribution >= 4 is 92.6 Å². The molecule has 13 heteroatoms. The largest absolute Gasteiger partial charge is 0.513 e. The molecule has 1 fully saturated rings. The molecule has 1 aliphatic rings. The maximum Gasteiger partial charge on any atom is 0.513 e. The van der Waals surface area contributed by atoms with Gasteiger partial charge >= 0.3 is 12.2 Å². The number of nitrogens with zero attached hydrogens (tertiary/aromatic N) is 1. The maximum atomic E-state index is 12.7. The van der Waals surface area contributed by atoms with Gasteiger partial charge in [-0.3, -0.25) is 0 Å². The molecular formula is C28H25Cl6NO6. The molecule has 0 N–H and O–H groups in total. The molecule has 1 saturated heterocycles. The summed E-state index contributed by atoms with van der Waals surface area (Å²) < 4.78 is 18.2. The van der Waals surface area contributed by atoms with Crippen molar-refractivity contribution in [2.75, 3.05) is 26.3 Å². The summed E-state index contributed by atoms with van der Waals surface area (Å²) in [5.41, 5.74) is 1.82. The van der Waals surface area contributed by atoms with E-state index >= 15 is 0 Å². The Kier molecular flexibility index (Phi) is 11.0. The third-order valence-electron chi connectivity index (χ3n) is 6.30. The zero-order chi connectivity index (χ0) is 29.6. The van der Waals surface area contributed by atoms with Crippen molar-refractivity contribution in [1.29, 1.82) is 0 Å². The first-order valence-electron chi connectivity index (χ1n) is 12.5. The van der Waals surface area contributed by atoms with Crippen molar-refractivity contribution in [3.63, 3.8) is 0 Å². The van der Waals surface area contributed by atoms with Gasteiger partial charge in [0.15, 0.2) is 0 Å². The zero-order valence-electron chi connectivity index (χ0n) is 21.4. The lowest BCUT2D eigenvalue weighted by atomic mass is 9.87. The van der Waals surface area contributed by atoms with Crippen molar-refractivity contribution in [3.05, 3.63) is 77.9 Å². The minimum Gasteiger partial charge on any atom is -0.445 e. The molecule has 4 rings (SSSR count). The van der Waals surface area contributed by atoms with Crippen LogP contribution in [0.5, 0.6) is 5.75 Å². The molecule has 1 heterocycles. The fourth-order valence-electron chi connectivity index (χ4n) is 4.47. The third-order valence-corrected chi connectivity index (χ3v) is 6.95. The molecule has 0 saturated carbocycles. The van der Waals surface area contributed by atoms with Crippen LogP contribution >= 0.6 is 69.6 Å². The Morgan fingerprint density at radius 3 is 2.27 bits per heavy atom. The van der Waals surface area contributed by atoms with Gasteiger partial charge in [0.1, 0.15) is 19.0 Å². The Morgan fingerprint density at radius 1 is 0.829 bits per heavy atom. The SMILES string of the molecule is O=C(OCC(Cl)(Cl)Cl)Oc1cccc(C2CCN(C(=O)OCC(Cl)(Cl)Cl)CC2OCc2ccc3ccccc3c2)c1. The van der Waals surface area contributed by atoms with Crippen LogP contribution in [0.15, 0.2) is 66.7 Å². The molecule has 2 unspecified atom stereocenters. The Balaban J connectivity index is 1.49. The highest BCUT2D eigenvalue weighted by Gasteiger charge is 2.35. The van der Waals surface area contributed by atoms with Gasteiger partial charge < -0.3 is 23.8 Å². The predicted octanol–water partition coefficient (Wildman–Crippen LogP) is 8.61. The molecule has 7 nitrogen and oxygen atoms in total. The number of piperidine rings is 1. The van der Waals surface area contributed by atoms with Crippen LogP contribution in [-0.4, -0.2) is 57.1 Å². The molecule has 1 aliphatic heterocycles. The lowest BCUT2D eigenvalue weighted by molar-refractivity contribution is -0.0236. The summed E-state index contributed by atoms with van der Waals surface area (Å²) in [5.74, 6) is 0.100. The lowest BCUT2D eigenvalue weighted by Gasteiger charge is -2.38. The molecule has 0 aromatic heterocycles. The summed E-state index contributed by atoms with van der Waals surface area (Å²) in [5, 5.41) is 2.22. The van der Waals surface area contributed by atoms with E-state index in [-0.39, 0.29) is 24.8 Å². The van der Waals surface area contributed by atoms with Crippen LogP contribution in [0.2, 0.25) is 0 Å². The van der Waals surface area contributed by atoms with Gasteiger partial charge in [-0.1, -0.05) is 118 Å². The smallest absolute Gasteiger partial charge is 0.445 e. The minimum atomic E-state index is -1.76. The molecule has 0 spiro atoms. The Labute approximate surface area is 267 Å². The van der Waals surface area contributed by atoms with Gasteiger partial charge in [-0.25, -0.2) is 9.59 Å². The average Bonchev–Trinajstić information content (AvgIpc) is 2.93.